The third-order valence-electron chi connectivity index (χ3n) is 2.78. The first-order chi connectivity index (χ1) is 7.69. The maximum Gasteiger partial charge on any atom is 0.0661 e. The summed E-state index contributed by atoms with van der Waals surface area (Å²) in [5, 5.41) is 3.31. The molecule has 16 heavy (non-hydrogen) atoms. The molecule has 0 fully saturated rings. The van der Waals surface area contributed by atoms with E-state index in [1.54, 1.807) is 0 Å². The van der Waals surface area contributed by atoms with E-state index in [0.717, 1.165) is 19.6 Å². The van der Waals surface area contributed by atoms with Crippen molar-refractivity contribution < 1.29 is 4.74 Å². The molecule has 0 amide bonds. The van der Waals surface area contributed by atoms with Crippen molar-refractivity contribution in [2.45, 2.75) is 33.2 Å². The highest BCUT2D eigenvalue weighted by Crippen LogP contribution is 2.19. The Bertz CT molecular complexity index is 323. The molecule has 1 aromatic rings. The molecule has 0 saturated carbocycles. The smallest absolute Gasteiger partial charge is 0.0661 e. The van der Waals surface area contributed by atoms with Crippen molar-refractivity contribution in [2.75, 3.05) is 20.3 Å². The van der Waals surface area contributed by atoms with E-state index in [9.17, 15) is 0 Å². The molecule has 1 atom stereocenters. The topological polar surface area (TPSA) is 21.3 Å². The predicted molar refractivity (Wildman–Crippen MR) is 68.8 cm³/mol. The van der Waals surface area contributed by atoms with Crippen LogP contribution in [0.2, 0.25) is 0 Å². The first kappa shape index (κ1) is 13.2. The second-order valence-corrected chi connectivity index (χ2v) is 4.28. The molecule has 0 aliphatic rings. The van der Waals surface area contributed by atoms with E-state index in [-0.39, 0.29) is 0 Å². The fraction of sp³-hybridized carbons (Fsp3) is 0.571. The van der Waals surface area contributed by atoms with Gasteiger partial charge in [0, 0.05) is 6.61 Å². The average Bonchev–Trinajstić information content (AvgIpc) is 2.26. The van der Waals surface area contributed by atoms with Gasteiger partial charge in [-0.1, -0.05) is 30.7 Å². The number of hydrogen-bond acceptors (Lipinski definition) is 2. The minimum Gasteiger partial charge on any atom is -0.379 e. The third-order valence-corrected chi connectivity index (χ3v) is 2.78. The molecule has 1 aromatic carbocycles. The second kappa shape index (κ2) is 6.66. The first-order valence-corrected chi connectivity index (χ1v) is 6.01. The maximum atomic E-state index is 5.61. The number of rotatable bonds is 6. The van der Waals surface area contributed by atoms with Crippen LogP contribution < -0.4 is 5.32 Å². The summed E-state index contributed by atoms with van der Waals surface area (Å²) in [4.78, 5) is 0. The molecule has 0 aromatic heterocycles. The first-order valence-electron chi connectivity index (χ1n) is 6.01. The lowest BCUT2D eigenvalue weighted by Crippen LogP contribution is -2.22. The summed E-state index contributed by atoms with van der Waals surface area (Å²) in [5.74, 6) is 0. The Kier molecular flexibility index (Phi) is 5.50. The van der Waals surface area contributed by atoms with Crippen LogP contribution in [0.5, 0.6) is 0 Å². The fourth-order valence-corrected chi connectivity index (χ4v) is 1.89. The van der Waals surface area contributed by atoms with Gasteiger partial charge in [0.15, 0.2) is 0 Å². The Morgan fingerprint density at radius 3 is 2.62 bits per heavy atom. The molecule has 2 nitrogen and oxygen atoms in total. The molecule has 0 radical (unpaired) electrons. The summed E-state index contributed by atoms with van der Waals surface area (Å²) in [7, 11) is 1.99. The van der Waals surface area contributed by atoms with Crippen LogP contribution in [0.1, 0.15) is 36.1 Å². The molecule has 1 rings (SSSR count). The van der Waals surface area contributed by atoms with Gasteiger partial charge in [-0.15, -0.1) is 0 Å². The predicted octanol–water partition coefficient (Wildman–Crippen LogP) is 2.99. The minimum atomic E-state index is 0.298. The SMILES string of the molecule is CCCOCC(NC)c1ccc(C)cc1C. The summed E-state index contributed by atoms with van der Waals surface area (Å²) in [6.45, 7) is 7.99. The minimum absolute atomic E-state index is 0.298. The van der Waals surface area contributed by atoms with Gasteiger partial charge < -0.3 is 10.1 Å². The lowest BCUT2D eigenvalue weighted by atomic mass is 10.00. The Morgan fingerprint density at radius 2 is 2.06 bits per heavy atom. The quantitative estimate of drug-likeness (QED) is 0.746. The van der Waals surface area contributed by atoms with Crippen LogP contribution in [-0.2, 0) is 4.74 Å². The Balaban J connectivity index is 2.70. The summed E-state index contributed by atoms with van der Waals surface area (Å²) < 4.78 is 5.61. The molecule has 2 heteroatoms. The second-order valence-electron chi connectivity index (χ2n) is 4.28. The lowest BCUT2D eigenvalue weighted by Gasteiger charge is -2.19. The van der Waals surface area contributed by atoms with Gasteiger partial charge in [0.1, 0.15) is 0 Å². The maximum absolute atomic E-state index is 5.61. The molecule has 0 saturated heterocycles. The molecule has 90 valence electrons. The monoisotopic (exact) mass is 221 g/mol. The van der Waals surface area contributed by atoms with Crippen molar-refractivity contribution in [3.05, 3.63) is 34.9 Å². The van der Waals surface area contributed by atoms with Crippen LogP contribution in [0, 0.1) is 13.8 Å². The number of nitrogens with one attached hydrogen (secondary N) is 1. The zero-order valence-electron chi connectivity index (χ0n) is 10.8. The number of aryl methyl sites for hydroxylation is 2. The standard InChI is InChI=1S/C14H23NO/c1-5-8-16-10-14(15-4)13-7-6-11(2)9-12(13)3/h6-7,9,14-15H,5,8,10H2,1-4H3. The summed E-state index contributed by atoms with van der Waals surface area (Å²) in [6, 6.07) is 6.87. The molecule has 0 bridgehead atoms. The Hall–Kier alpha value is -0.860. The summed E-state index contributed by atoms with van der Waals surface area (Å²) in [5.41, 5.74) is 3.98. The highest BCUT2D eigenvalue weighted by molar-refractivity contribution is 5.32. The van der Waals surface area contributed by atoms with E-state index in [0.29, 0.717) is 6.04 Å². The highest BCUT2D eigenvalue weighted by Gasteiger charge is 2.11. The van der Waals surface area contributed by atoms with Gasteiger partial charge in [-0.2, -0.15) is 0 Å². The van der Waals surface area contributed by atoms with Gasteiger partial charge in [0.05, 0.1) is 12.6 Å². The number of ether oxygens (including phenoxy) is 1. The molecule has 0 aliphatic carbocycles. The average molecular weight is 221 g/mol. The lowest BCUT2D eigenvalue weighted by molar-refractivity contribution is 0.114. The zero-order valence-corrected chi connectivity index (χ0v) is 10.8. The van der Waals surface area contributed by atoms with Crippen molar-refractivity contribution in [2.24, 2.45) is 0 Å². The van der Waals surface area contributed by atoms with Crippen LogP contribution in [0.4, 0.5) is 0 Å². The van der Waals surface area contributed by atoms with Crippen LogP contribution in [0.3, 0.4) is 0 Å². The van der Waals surface area contributed by atoms with Crippen molar-refractivity contribution in [1.82, 2.24) is 5.32 Å². The van der Waals surface area contributed by atoms with Gasteiger partial charge in [0.25, 0.3) is 0 Å². The highest BCUT2D eigenvalue weighted by atomic mass is 16.5. The van der Waals surface area contributed by atoms with E-state index >= 15 is 0 Å². The third kappa shape index (κ3) is 3.62. The van der Waals surface area contributed by atoms with Gasteiger partial charge in [-0.3, -0.25) is 0 Å². The number of likely N-dealkylation sites (N-methyl/N-ethyl adjacent to an activating group) is 1. The molecule has 0 spiro atoms. The van der Waals surface area contributed by atoms with E-state index in [1.165, 1.54) is 16.7 Å². The van der Waals surface area contributed by atoms with Crippen molar-refractivity contribution in [3.8, 4) is 0 Å². The van der Waals surface area contributed by atoms with Gasteiger partial charge >= 0.3 is 0 Å². The summed E-state index contributed by atoms with van der Waals surface area (Å²) in [6.07, 6.45) is 1.07. The summed E-state index contributed by atoms with van der Waals surface area (Å²) >= 11 is 0. The number of benzene rings is 1. The largest absolute Gasteiger partial charge is 0.379 e. The zero-order chi connectivity index (χ0) is 12.0. The van der Waals surface area contributed by atoms with E-state index < -0.39 is 0 Å². The van der Waals surface area contributed by atoms with Gasteiger partial charge in [-0.05, 0) is 38.4 Å². The van der Waals surface area contributed by atoms with Crippen molar-refractivity contribution in [3.63, 3.8) is 0 Å². The molecule has 1 unspecified atom stereocenters. The molecule has 1 N–H and O–H groups in total. The molecular formula is C14H23NO. The fourth-order valence-electron chi connectivity index (χ4n) is 1.89. The molecule has 0 heterocycles. The van der Waals surface area contributed by atoms with E-state index in [1.807, 2.05) is 7.05 Å². The van der Waals surface area contributed by atoms with Crippen molar-refractivity contribution >= 4 is 0 Å². The van der Waals surface area contributed by atoms with Crippen LogP contribution in [0.15, 0.2) is 18.2 Å². The van der Waals surface area contributed by atoms with Crippen molar-refractivity contribution in [1.29, 1.82) is 0 Å². The Morgan fingerprint density at radius 1 is 1.31 bits per heavy atom. The molecular weight excluding hydrogens is 198 g/mol. The van der Waals surface area contributed by atoms with Crippen LogP contribution >= 0.6 is 0 Å². The molecule has 0 aliphatic heterocycles. The Labute approximate surface area is 99.0 Å². The van der Waals surface area contributed by atoms with Crippen LogP contribution in [-0.4, -0.2) is 20.3 Å². The van der Waals surface area contributed by atoms with E-state index in [2.05, 4.69) is 44.3 Å². The van der Waals surface area contributed by atoms with Gasteiger partial charge in [-0.25, -0.2) is 0 Å². The van der Waals surface area contributed by atoms with Crippen LogP contribution in [0.25, 0.3) is 0 Å². The van der Waals surface area contributed by atoms with Gasteiger partial charge in [0.2, 0.25) is 0 Å². The van der Waals surface area contributed by atoms with E-state index in [4.69, 9.17) is 4.74 Å². The normalized spacial score (nSPS) is 12.8. The number of hydrogen-bond donors (Lipinski definition) is 1.